The summed E-state index contributed by atoms with van der Waals surface area (Å²) in [6.07, 6.45) is 0. The van der Waals surface area contributed by atoms with E-state index in [1.54, 1.807) is 48.5 Å². The summed E-state index contributed by atoms with van der Waals surface area (Å²) in [5, 5.41) is 1.24. The molecule has 0 N–H and O–H groups in total. The number of hydrogen-bond donors (Lipinski definition) is 0. The van der Waals surface area contributed by atoms with Gasteiger partial charge in [-0.2, -0.15) is 8.42 Å². The lowest BCUT2D eigenvalue weighted by molar-refractivity contribution is 0.593. The molecule has 1 atom stereocenters. The fraction of sp³-hybridized carbons (Fsp3) is 0.161. The largest absolute Gasteiger partial charge is 0.451 e. The van der Waals surface area contributed by atoms with E-state index in [2.05, 4.69) is 35.0 Å². The van der Waals surface area contributed by atoms with Crippen molar-refractivity contribution in [3.05, 3.63) is 131 Å². The van der Waals surface area contributed by atoms with Crippen LogP contribution in [0.5, 0.6) is 5.75 Å². The van der Waals surface area contributed by atoms with E-state index in [1.165, 1.54) is 0 Å². The summed E-state index contributed by atoms with van der Waals surface area (Å²) in [4.78, 5) is 2.22. The van der Waals surface area contributed by atoms with Crippen LogP contribution >= 0.6 is 18.9 Å². The molecule has 200 valence electrons. The number of anilines is 1. The average molecular weight is 577 g/mol. The Morgan fingerprint density at radius 3 is 2.13 bits per heavy atom. The van der Waals surface area contributed by atoms with E-state index >= 15 is 0 Å². The predicted molar refractivity (Wildman–Crippen MR) is 162 cm³/mol. The molecule has 4 aromatic rings. The first-order chi connectivity index (χ1) is 18.5. The molecule has 1 aliphatic heterocycles. The van der Waals surface area contributed by atoms with Gasteiger partial charge in [-0.05, 0) is 67.1 Å². The molecule has 0 saturated carbocycles. The zero-order chi connectivity index (χ0) is 27.8. The van der Waals surface area contributed by atoms with Gasteiger partial charge in [0.05, 0.1) is 4.90 Å². The van der Waals surface area contributed by atoms with Gasteiger partial charge in [-0.1, -0.05) is 79.5 Å². The molecule has 8 heteroatoms. The first-order valence-electron chi connectivity index (χ1n) is 12.5. The Labute approximate surface area is 235 Å². The number of hydrogen-bond acceptors (Lipinski definition) is 4. The number of sulfonamides is 1. The molecule has 5 rings (SSSR count). The highest BCUT2D eigenvalue weighted by molar-refractivity contribution is 7.95. The number of likely N-dealkylation sites (N-methyl/N-ethyl adjacent to an activating group) is 1. The average Bonchev–Trinajstić information content (AvgIpc) is 3.11. The maximum absolute atomic E-state index is 13.9. The number of para-hydroxylation sites is 1. The zero-order valence-electron chi connectivity index (χ0n) is 22.2. The molecule has 0 radical (unpaired) electrons. The van der Waals surface area contributed by atoms with Crippen LogP contribution in [0.4, 0.5) is 5.69 Å². The van der Waals surface area contributed by atoms with Crippen molar-refractivity contribution < 1.29 is 12.9 Å². The highest BCUT2D eigenvalue weighted by Crippen LogP contribution is 2.58. The fourth-order valence-corrected chi connectivity index (χ4v) is 9.99. The Morgan fingerprint density at radius 2 is 1.49 bits per heavy atom. The van der Waals surface area contributed by atoms with Crippen molar-refractivity contribution in [2.75, 3.05) is 11.9 Å². The van der Waals surface area contributed by atoms with Crippen molar-refractivity contribution in [1.82, 2.24) is 0 Å². The van der Waals surface area contributed by atoms with Gasteiger partial charge >= 0.3 is 0 Å². The Bertz CT molecular complexity index is 1700. The quantitative estimate of drug-likeness (QED) is 0.217. The summed E-state index contributed by atoms with van der Waals surface area (Å²) in [6.45, 7) is 6.19. The Morgan fingerprint density at radius 1 is 0.872 bits per heavy atom. The highest BCUT2D eigenvalue weighted by Gasteiger charge is 2.41. The number of allylic oxidation sites excluding steroid dienone is 1. The molecule has 39 heavy (non-hydrogen) atoms. The van der Waals surface area contributed by atoms with Gasteiger partial charge in [0.1, 0.15) is 5.75 Å². The smallest absolute Gasteiger partial charge is 0.284 e. The SMILES string of the molecule is Cc1ccc(S(=O)(=O)N=[P@](/C=C2\N(C)c3ccccc3C2(C)C)(Oc2ccc(Cl)cc2)c2ccccc2)cc1. The number of halogens is 1. The lowest BCUT2D eigenvalue weighted by atomic mass is 9.84. The van der Waals surface area contributed by atoms with Crippen LogP contribution in [0.2, 0.25) is 5.02 Å². The summed E-state index contributed by atoms with van der Waals surface area (Å²) < 4.78 is 39.3. The van der Waals surface area contributed by atoms with Crippen molar-refractivity contribution in [3.63, 3.8) is 0 Å². The van der Waals surface area contributed by atoms with Crippen LogP contribution < -0.4 is 14.7 Å². The van der Waals surface area contributed by atoms with Gasteiger partial charge < -0.3 is 9.42 Å². The Kier molecular flexibility index (Phi) is 7.23. The lowest BCUT2D eigenvalue weighted by Gasteiger charge is -2.29. The van der Waals surface area contributed by atoms with Gasteiger partial charge in [-0.3, -0.25) is 0 Å². The molecule has 0 fully saturated rings. The van der Waals surface area contributed by atoms with Crippen molar-refractivity contribution in [3.8, 4) is 5.75 Å². The van der Waals surface area contributed by atoms with Gasteiger partial charge in [-0.15, -0.1) is 4.15 Å². The fourth-order valence-electron chi connectivity index (χ4n) is 4.85. The minimum Gasteiger partial charge on any atom is -0.451 e. The van der Waals surface area contributed by atoms with Crippen LogP contribution in [0.1, 0.15) is 25.0 Å². The molecular formula is C31H30ClN2O3PS. The van der Waals surface area contributed by atoms with Crippen molar-refractivity contribution in [2.24, 2.45) is 4.15 Å². The minimum absolute atomic E-state index is 0.119. The van der Waals surface area contributed by atoms with Gasteiger partial charge in [-0.25, -0.2) is 0 Å². The third kappa shape index (κ3) is 5.29. The number of fused-ring (bicyclic) bond motifs is 1. The number of rotatable bonds is 6. The summed E-state index contributed by atoms with van der Waals surface area (Å²) in [5.74, 6) is 2.43. The van der Waals surface area contributed by atoms with E-state index in [4.69, 9.17) is 16.1 Å². The summed E-state index contributed by atoms with van der Waals surface area (Å²) in [6, 6.07) is 31.2. The molecule has 0 spiro atoms. The number of nitrogens with zero attached hydrogens (tertiary/aromatic N) is 2. The third-order valence-corrected chi connectivity index (χ3v) is 12.0. The Hall–Kier alpha value is -3.31. The maximum Gasteiger partial charge on any atom is 0.284 e. The first-order valence-corrected chi connectivity index (χ1v) is 16.1. The standard InChI is InChI=1S/C31H30ClN2O3PS/c1-23-14-20-27(21-15-23)39(35,36)33-38(26-10-6-5-7-11-26,37-25-18-16-24(32)17-19-25)22-30-31(2,3)28-12-8-9-13-29(28)34(30)4/h5-22H,1-4H3/b30-22-/t38-/m1/s1. The van der Waals surface area contributed by atoms with E-state index in [0.29, 0.717) is 16.1 Å². The minimum atomic E-state index is -4.11. The van der Waals surface area contributed by atoms with E-state index in [1.807, 2.05) is 62.3 Å². The molecule has 0 aliphatic carbocycles. The van der Waals surface area contributed by atoms with E-state index in [0.717, 1.165) is 22.5 Å². The molecule has 4 aromatic carbocycles. The number of benzene rings is 4. The van der Waals surface area contributed by atoms with Crippen LogP contribution in [-0.2, 0) is 15.4 Å². The molecule has 0 amide bonds. The molecule has 0 unspecified atom stereocenters. The second-order valence-corrected chi connectivity index (χ2v) is 14.8. The maximum atomic E-state index is 13.9. The normalized spacial score (nSPS) is 16.9. The zero-order valence-corrected chi connectivity index (χ0v) is 24.7. The van der Waals surface area contributed by atoms with Crippen LogP contribution in [0.15, 0.2) is 124 Å². The van der Waals surface area contributed by atoms with Crippen molar-refractivity contribution in [1.29, 1.82) is 0 Å². The summed E-state index contributed by atoms with van der Waals surface area (Å²) in [7, 11) is -5.51. The second-order valence-electron chi connectivity index (χ2n) is 10.1. The molecule has 0 bridgehead atoms. The van der Waals surface area contributed by atoms with Gasteiger partial charge in [0.25, 0.3) is 10.0 Å². The molecular weight excluding hydrogens is 547 g/mol. The highest BCUT2D eigenvalue weighted by atomic mass is 35.5. The molecule has 0 aromatic heterocycles. The monoisotopic (exact) mass is 576 g/mol. The van der Waals surface area contributed by atoms with Gasteiger partial charge in [0.15, 0.2) is 0 Å². The van der Waals surface area contributed by atoms with Crippen LogP contribution in [0.25, 0.3) is 0 Å². The molecule has 1 heterocycles. The second kappa shape index (κ2) is 10.3. The first kappa shape index (κ1) is 27.3. The van der Waals surface area contributed by atoms with E-state index < -0.39 is 22.7 Å². The van der Waals surface area contributed by atoms with Crippen LogP contribution in [0, 0.1) is 6.92 Å². The Balaban J connectivity index is 1.83. The molecule has 5 nitrogen and oxygen atoms in total. The molecule has 0 saturated heterocycles. The lowest BCUT2D eigenvalue weighted by Crippen LogP contribution is -2.24. The van der Waals surface area contributed by atoms with Crippen LogP contribution in [0.3, 0.4) is 0 Å². The summed E-state index contributed by atoms with van der Waals surface area (Å²) >= 11 is 6.16. The van der Waals surface area contributed by atoms with Gasteiger partial charge in [0, 0.05) is 40.0 Å². The summed E-state index contributed by atoms with van der Waals surface area (Å²) in [5.41, 5.74) is 3.67. The topological polar surface area (TPSA) is 59.0 Å². The predicted octanol–water partition coefficient (Wildman–Crippen LogP) is 8.13. The van der Waals surface area contributed by atoms with Crippen molar-refractivity contribution in [2.45, 2.75) is 31.1 Å². The number of aryl methyl sites for hydroxylation is 1. The van der Waals surface area contributed by atoms with E-state index in [-0.39, 0.29) is 4.90 Å². The van der Waals surface area contributed by atoms with Crippen molar-refractivity contribution >= 4 is 39.9 Å². The van der Waals surface area contributed by atoms with Gasteiger partial charge in [0.2, 0.25) is 7.28 Å². The third-order valence-electron chi connectivity index (χ3n) is 6.97. The molecule has 1 aliphatic rings. The van der Waals surface area contributed by atoms with Crippen LogP contribution in [-0.4, -0.2) is 15.5 Å². The van der Waals surface area contributed by atoms with E-state index in [9.17, 15) is 8.42 Å².